The topological polar surface area (TPSA) is 127 Å². The first-order chi connectivity index (χ1) is 18.7. The first kappa shape index (κ1) is 24.6. The molecule has 4 aromatic rings. The van der Waals surface area contributed by atoms with Crippen LogP contribution in [-0.4, -0.2) is 38.9 Å². The molecule has 2 aromatic heterocycles. The van der Waals surface area contributed by atoms with Gasteiger partial charge in [0.1, 0.15) is 18.9 Å². The molecule has 2 aliphatic rings. The summed E-state index contributed by atoms with van der Waals surface area (Å²) in [6.45, 7) is 3.47. The van der Waals surface area contributed by atoms with Crippen molar-refractivity contribution in [1.29, 1.82) is 0 Å². The number of aromatic nitrogens is 3. The molecule has 1 aliphatic heterocycles. The SMILES string of the molecule is CNC(=O)Cn1c(=O)n(CC(=O)Nc2ccc3c(c2)CC2(C3)C(=O)Nc3ncccc32)c2c(C)cc(C)cc21. The van der Waals surface area contributed by atoms with Gasteiger partial charge in [0.05, 0.1) is 16.4 Å². The summed E-state index contributed by atoms with van der Waals surface area (Å²) in [4.78, 5) is 55.9. The van der Waals surface area contributed by atoms with E-state index < -0.39 is 11.1 Å². The van der Waals surface area contributed by atoms with E-state index in [9.17, 15) is 19.2 Å². The number of aryl methyl sites for hydroxylation is 2. The van der Waals surface area contributed by atoms with Gasteiger partial charge in [0.25, 0.3) is 0 Å². The summed E-state index contributed by atoms with van der Waals surface area (Å²) in [6.07, 6.45) is 2.75. The van der Waals surface area contributed by atoms with E-state index in [0.29, 0.717) is 35.4 Å². The number of rotatable bonds is 5. The summed E-state index contributed by atoms with van der Waals surface area (Å²) >= 11 is 0. The molecular weight excluding hydrogens is 496 g/mol. The standard InChI is InChI=1S/C29H28N6O4/c1-16-9-17(2)25-22(10-16)34(14-23(36)30-3)28(39)35(25)15-24(37)32-20-7-6-18-12-29(13-19(18)11-20)21-5-4-8-31-26(21)33-27(29)38/h4-11H,12-15H2,1-3H3,(H,30,36)(H,32,37)(H,31,33,38). The average Bonchev–Trinajstić information content (AvgIpc) is 3.50. The lowest BCUT2D eigenvalue weighted by Crippen LogP contribution is -2.35. The molecule has 3 N–H and O–H groups in total. The van der Waals surface area contributed by atoms with Gasteiger partial charge in [0, 0.05) is 24.5 Å². The quantitative estimate of drug-likeness (QED) is 0.369. The largest absolute Gasteiger partial charge is 0.358 e. The Hall–Kier alpha value is -4.73. The summed E-state index contributed by atoms with van der Waals surface area (Å²) in [7, 11) is 1.52. The Kier molecular flexibility index (Phi) is 5.64. The molecule has 0 fully saturated rings. The lowest BCUT2D eigenvalue weighted by atomic mass is 9.79. The van der Waals surface area contributed by atoms with Crippen LogP contribution in [0, 0.1) is 13.8 Å². The fourth-order valence-corrected chi connectivity index (χ4v) is 6.05. The number of anilines is 2. The van der Waals surface area contributed by atoms with E-state index in [1.165, 1.54) is 16.2 Å². The number of carbonyl (C=O) groups is 3. The fourth-order valence-electron chi connectivity index (χ4n) is 6.05. The van der Waals surface area contributed by atoms with Crippen molar-refractivity contribution < 1.29 is 14.4 Å². The Morgan fingerprint density at radius 3 is 2.56 bits per heavy atom. The number of hydrogen-bond acceptors (Lipinski definition) is 5. The van der Waals surface area contributed by atoms with E-state index in [1.54, 1.807) is 6.20 Å². The monoisotopic (exact) mass is 524 g/mol. The molecular formula is C29H28N6O4. The highest BCUT2D eigenvalue weighted by atomic mass is 16.2. The van der Waals surface area contributed by atoms with Gasteiger partial charge in [-0.1, -0.05) is 18.2 Å². The number of pyridine rings is 1. The molecule has 0 saturated heterocycles. The predicted molar refractivity (Wildman–Crippen MR) is 147 cm³/mol. The maximum absolute atomic E-state index is 13.3. The van der Waals surface area contributed by atoms with E-state index in [-0.39, 0.29) is 30.8 Å². The molecule has 3 amide bonds. The number of amides is 3. The third-order valence-corrected chi connectivity index (χ3v) is 7.79. The maximum atomic E-state index is 13.3. The number of carbonyl (C=O) groups excluding carboxylic acids is 3. The van der Waals surface area contributed by atoms with Crippen LogP contribution in [0.5, 0.6) is 0 Å². The molecule has 2 aromatic carbocycles. The summed E-state index contributed by atoms with van der Waals surface area (Å²) in [6, 6.07) is 13.2. The highest BCUT2D eigenvalue weighted by Crippen LogP contribution is 2.46. The van der Waals surface area contributed by atoms with E-state index in [1.807, 2.05) is 56.3 Å². The predicted octanol–water partition coefficient (Wildman–Crippen LogP) is 2.19. The molecule has 0 radical (unpaired) electrons. The van der Waals surface area contributed by atoms with Gasteiger partial charge in [0.15, 0.2) is 0 Å². The smallest absolute Gasteiger partial charge is 0.330 e. The highest BCUT2D eigenvalue weighted by molar-refractivity contribution is 6.06. The molecule has 3 heterocycles. The number of benzene rings is 2. The Bertz CT molecular complexity index is 1770. The number of likely N-dealkylation sites (N-methyl/N-ethyl adjacent to an activating group) is 1. The number of hydrogen-bond donors (Lipinski definition) is 3. The van der Waals surface area contributed by atoms with E-state index in [4.69, 9.17) is 0 Å². The van der Waals surface area contributed by atoms with Crippen LogP contribution in [0.1, 0.15) is 27.8 Å². The van der Waals surface area contributed by atoms with Crippen molar-refractivity contribution in [1.82, 2.24) is 19.4 Å². The Labute approximate surface area is 224 Å². The molecule has 10 nitrogen and oxygen atoms in total. The maximum Gasteiger partial charge on any atom is 0.330 e. The van der Waals surface area contributed by atoms with Gasteiger partial charge in [-0.25, -0.2) is 9.78 Å². The van der Waals surface area contributed by atoms with Crippen molar-refractivity contribution in [2.45, 2.75) is 45.2 Å². The van der Waals surface area contributed by atoms with Crippen LogP contribution in [0.4, 0.5) is 11.5 Å². The van der Waals surface area contributed by atoms with Crippen molar-refractivity contribution in [3.05, 3.63) is 87.0 Å². The van der Waals surface area contributed by atoms with Crippen LogP contribution in [0.25, 0.3) is 11.0 Å². The summed E-state index contributed by atoms with van der Waals surface area (Å²) in [5.41, 5.74) is 5.46. The van der Waals surface area contributed by atoms with Crippen LogP contribution in [0.3, 0.4) is 0 Å². The van der Waals surface area contributed by atoms with E-state index in [0.717, 1.165) is 27.8 Å². The highest BCUT2D eigenvalue weighted by Gasteiger charge is 2.51. The normalized spacial score (nSPS) is 17.3. The lowest BCUT2D eigenvalue weighted by Gasteiger charge is -2.20. The summed E-state index contributed by atoms with van der Waals surface area (Å²) < 4.78 is 2.81. The van der Waals surface area contributed by atoms with Crippen LogP contribution >= 0.6 is 0 Å². The van der Waals surface area contributed by atoms with Gasteiger partial charge in [0.2, 0.25) is 17.7 Å². The first-order valence-corrected chi connectivity index (χ1v) is 12.8. The van der Waals surface area contributed by atoms with Gasteiger partial charge >= 0.3 is 5.69 Å². The molecule has 1 unspecified atom stereocenters. The minimum absolute atomic E-state index is 0.0592. The molecule has 0 saturated carbocycles. The third-order valence-electron chi connectivity index (χ3n) is 7.79. The second-order valence-corrected chi connectivity index (χ2v) is 10.4. The third kappa shape index (κ3) is 3.91. The summed E-state index contributed by atoms with van der Waals surface area (Å²) in [5.74, 6) is -0.117. The van der Waals surface area contributed by atoms with Crippen molar-refractivity contribution in [2.75, 3.05) is 17.7 Å². The van der Waals surface area contributed by atoms with Gasteiger partial charge in [-0.05, 0) is 73.2 Å². The van der Waals surface area contributed by atoms with Crippen LogP contribution < -0.4 is 21.6 Å². The minimum Gasteiger partial charge on any atom is -0.358 e. The van der Waals surface area contributed by atoms with Crippen molar-refractivity contribution in [3.63, 3.8) is 0 Å². The van der Waals surface area contributed by atoms with Gasteiger partial charge < -0.3 is 16.0 Å². The Morgan fingerprint density at radius 1 is 1.00 bits per heavy atom. The summed E-state index contributed by atoms with van der Waals surface area (Å²) in [5, 5.41) is 8.37. The second-order valence-electron chi connectivity index (χ2n) is 10.4. The van der Waals surface area contributed by atoms with Crippen LogP contribution in [0.15, 0.2) is 53.5 Å². The number of nitrogens with zero attached hydrogens (tertiary/aromatic N) is 3. The molecule has 1 atom stereocenters. The Morgan fingerprint density at radius 2 is 1.77 bits per heavy atom. The molecule has 1 spiro atoms. The second kappa shape index (κ2) is 8.93. The zero-order chi connectivity index (χ0) is 27.5. The van der Waals surface area contributed by atoms with Gasteiger partial charge in [-0.2, -0.15) is 0 Å². The van der Waals surface area contributed by atoms with E-state index >= 15 is 0 Å². The van der Waals surface area contributed by atoms with Gasteiger partial charge in [-0.3, -0.25) is 23.5 Å². The first-order valence-electron chi connectivity index (χ1n) is 12.8. The average molecular weight is 525 g/mol. The number of nitrogens with one attached hydrogen (secondary N) is 3. The molecule has 6 rings (SSSR count). The van der Waals surface area contributed by atoms with Crippen molar-refractivity contribution in [3.8, 4) is 0 Å². The van der Waals surface area contributed by atoms with Crippen molar-refractivity contribution >= 4 is 40.3 Å². The zero-order valence-electron chi connectivity index (χ0n) is 21.9. The molecule has 10 heteroatoms. The van der Waals surface area contributed by atoms with E-state index in [2.05, 4.69) is 20.9 Å². The molecule has 39 heavy (non-hydrogen) atoms. The number of fused-ring (bicyclic) bond motifs is 4. The van der Waals surface area contributed by atoms with Crippen molar-refractivity contribution in [2.24, 2.45) is 0 Å². The van der Waals surface area contributed by atoms with Crippen LogP contribution in [0.2, 0.25) is 0 Å². The number of imidazole rings is 1. The minimum atomic E-state index is -0.690. The molecule has 1 aliphatic carbocycles. The Balaban J connectivity index is 1.27. The zero-order valence-corrected chi connectivity index (χ0v) is 21.9. The van der Waals surface area contributed by atoms with Gasteiger partial charge in [-0.15, -0.1) is 0 Å². The molecule has 198 valence electrons. The fraction of sp³-hybridized carbons (Fsp3) is 0.276. The van der Waals surface area contributed by atoms with Crippen LogP contribution in [-0.2, 0) is 45.7 Å². The lowest BCUT2D eigenvalue weighted by molar-refractivity contribution is -0.121. The molecule has 0 bridgehead atoms.